The van der Waals surface area contributed by atoms with Crippen LogP contribution in [0.5, 0.6) is 5.75 Å². The van der Waals surface area contributed by atoms with Crippen LogP contribution in [0.4, 0.5) is 5.69 Å². The third-order valence-corrected chi connectivity index (χ3v) is 3.47. The Morgan fingerprint density at radius 3 is 2.83 bits per heavy atom. The topological polar surface area (TPSA) is 83.5 Å². The Balaban J connectivity index is 2.39. The minimum absolute atomic E-state index is 0.105. The number of aliphatic hydroxyl groups excluding tert-OH is 1. The smallest absolute Gasteiger partial charge is 0.253 e. The zero-order valence-corrected chi connectivity index (χ0v) is 13.7. The number of pyridine rings is 1. The molecule has 1 atom stereocenters. The second-order valence-corrected chi connectivity index (χ2v) is 5.45. The van der Waals surface area contributed by atoms with Crippen LogP contribution >= 0.6 is 0 Å². The largest absolute Gasteiger partial charge is 0.497 e. The van der Waals surface area contributed by atoms with Crippen LogP contribution in [0.2, 0.25) is 0 Å². The van der Waals surface area contributed by atoms with Gasteiger partial charge in [0, 0.05) is 30.2 Å². The number of methoxy groups -OCH3 is 1. The van der Waals surface area contributed by atoms with Crippen molar-refractivity contribution in [2.75, 3.05) is 25.6 Å². The summed E-state index contributed by atoms with van der Waals surface area (Å²) in [5.41, 5.74) is 2.13. The van der Waals surface area contributed by atoms with Crippen molar-refractivity contribution < 1.29 is 14.6 Å². The predicted molar refractivity (Wildman–Crippen MR) is 91.1 cm³/mol. The van der Waals surface area contributed by atoms with Gasteiger partial charge in [0.15, 0.2) is 0 Å². The Morgan fingerprint density at radius 2 is 2.17 bits per heavy atom. The first-order valence-electron chi connectivity index (χ1n) is 7.72. The van der Waals surface area contributed by atoms with Crippen LogP contribution in [-0.2, 0) is 0 Å². The summed E-state index contributed by atoms with van der Waals surface area (Å²) in [6.45, 7) is 4.56. The number of nitrogens with zero attached hydrogens (tertiary/aromatic N) is 1. The zero-order valence-electron chi connectivity index (χ0n) is 13.7. The van der Waals surface area contributed by atoms with E-state index in [0.717, 1.165) is 29.6 Å². The molecule has 0 fully saturated rings. The van der Waals surface area contributed by atoms with Gasteiger partial charge >= 0.3 is 0 Å². The monoisotopic (exact) mass is 317 g/mol. The molecule has 0 aliphatic heterocycles. The van der Waals surface area contributed by atoms with Crippen LogP contribution in [-0.4, -0.2) is 42.3 Å². The number of anilines is 1. The molecule has 0 bridgehead atoms. The standard InChI is InChI=1S/C17H23N3O3/c1-4-5-18-15-8-14(23-3)7-12-6-13(9-19-16(12)15)17(22)20-11(2)10-21/h6-9,11,18,21H,4-5,10H2,1-3H3,(H,20,22)/t11-/m1/s1. The fourth-order valence-electron chi connectivity index (χ4n) is 2.21. The van der Waals surface area contributed by atoms with Gasteiger partial charge in [-0.25, -0.2) is 0 Å². The zero-order chi connectivity index (χ0) is 16.8. The van der Waals surface area contributed by atoms with Gasteiger partial charge in [-0.2, -0.15) is 0 Å². The van der Waals surface area contributed by atoms with Gasteiger partial charge in [-0.1, -0.05) is 6.92 Å². The number of carbonyl (C=O) groups is 1. The maximum Gasteiger partial charge on any atom is 0.253 e. The quantitative estimate of drug-likeness (QED) is 0.729. The first-order chi connectivity index (χ1) is 11.1. The van der Waals surface area contributed by atoms with Crippen LogP contribution in [0.1, 0.15) is 30.6 Å². The molecule has 6 nitrogen and oxygen atoms in total. The first kappa shape index (κ1) is 17.0. The Hall–Kier alpha value is -2.34. The van der Waals surface area contributed by atoms with Gasteiger partial charge in [-0.15, -0.1) is 0 Å². The van der Waals surface area contributed by atoms with Crippen LogP contribution in [0.3, 0.4) is 0 Å². The van der Waals surface area contributed by atoms with Crippen LogP contribution in [0.15, 0.2) is 24.4 Å². The Morgan fingerprint density at radius 1 is 1.39 bits per heavy atom. The van der Waals surface area contributed by atoms with E-state index in [1.807, 2.05) is 12.1 Å². The van der Waals surface area contributed by atoms with E-state index in [4.69, 9.17) is 9.84 Å². The highest BCUT2D eigenvalue weighted by atomic mass is 16.5. The SMILES string of the molecule is CCCNc1cc(OC)cc2cc(C(=O)N[C@H](C)CO)cnc12. The summed E-state index contributed by atoms with van der Waals surface area (Å²) in [6, 6.07) is 5.23. The van der Waals surface area contributed by atoms with Gasteiger partial charge in [0.1, 0.15) is 5.75 Å². The van der Waals surface area contributed by atoms with Crippen molar-refractivity contribution in [1.82, 2.24) is 10.3 Å². The van der Waals surface area contributed by atoms with Gasteiger partial charge in [-0.05, 0) is 25.5 Å². The molecule has 0 aliphatic rings. The van der Waals surface area contributed by atoms with Gasteiger partial charge < -0.3 is 20.5 Å². The molecule has 2 aromatic rings. The number of fused-ring (bicyclic) bond motifs is 1. The lowest BCUT2D eigenvalue weighted by molar-refractivity contribution is 0.0922. The van der Waals surface area contributed by atoms with E-state index in [1.165, 1.54) is 0 Å². The van der Waals surface area contributed by atoms with Crippen LogP contribution < -0.4 is 15.4 Å². The molecule has 0 aliphatic carbocycles. The lowest BCUT2D eigenvalue weighted by Crippen LogP contribution is -2.35. The van der Waals surface area contributed by atoms with Crippen molar-refractivity contribution in [2.24, 2.45) is 0 Å². The number of aliphatic hydroxyl groups is 1. The van der Waals surface area contributed by atoms with Gasteiger partial charge in [0.2, 0.25) is 0 Å². The second-order valence-electron chi connectivity index (χ2n) is 5.45. The maximum atomic E-state index is 12.2. The maximum absolute atomic E-state index is 12.2. The summed E-state index contributed by atoms with van der Waals surface area (Å²) >= 11 is 0. The molecule has 0 spiro atoms. The highest BCUT2D eigenvalue weighted by Crippen LogP contribution is 2.28. The Kier molecular flexibility index (Phi) is 5.76. The molecule has 124 valence electrons. The third-order valence-electron chi connectivity index (χ3n) is 3.47. The average molecular weight is 317 g/mol. The number of nitrogens with one attached hydrogen (secondary N) is 2. The molecule has 2 rings (SSSR count). The fourth-order valence-corrected chi connectivity index (χ4v) is 2.21. The van der Waals surface area contributed by atoms with Gasteiger partial charge in [0.05, 0.1) is 30.5 Å². The number of aromatic nitrogens is 1. The van der Waals surface area contributed by atoms with E-state index in [0.29, 0.717) is 11.3 Å². The molecule has 0 saturated carbocycles. The molecule has 1 aromatic carbocycles. The summed E-state index contributed by atoms with van der Waals surface area (Å²) in [6.07, 6.45) is 2.55. The number of ether oxygens (including phenoxy) is 1. The van der Waals surface area contributed by atoms with E-state index >= 15 is 0 Å². The number of benzene rings is 1. The number of rotatable bonds is 7. The molecule has 0 radical (unpaired) electrons. The molecule has 1 heterocycles. The fraction of sp³-hybridized carbons (Fsp3) is 0.412. The van der Waals surface area contributed by atoms with E-state index in [2.05, 4.69) is 22.5 Å². The Labute approximate surface area is 135 Å². The number of hydrogen-bond donors (Lipinski definition) is 3. The molecule has 23 heavy (non-hydrogen) atoms. The summed E-state index contributed by atoms with van der Waals surface area (Å²) in [7, 11) is 1.61. The van der Waals surface area contributed by atoms with E-state index in [-0.39, 0.29) is 18.6 Å². The summed E-state index contributed by atoms with van der Waals surface area (Å²) in [5.74, 6) is 0.450. The van der Waals surface area contributed by atoms with E-state index in [1.54, 1.807) is 26.3 Å². The van der Waals surface area contributed by atoms with Crippen molar-refractivity contribution in [2.45, 2.75) is 26.3 Å². The molecular formula is C17H23N3O3. The summed E-state index contributed by atoms with van der Waals surface area (Å²) < 4.78 is 5.32. The molecule has 3 N–H and O–H groups in total. The summed E-state index contributed by atoms with van der Waals surface area (Å²) in [5, 5.41) is 15.9. The highest BCUT2D eigenvalue weighted by molar-refractivity contribution is 6.00. The normalized spacial score (nSPS) is 12.0. The predicted octanol–water partition coefficient (Wildman–Crippen LogP) is 2.18. The van der Waals surface area contributed by atoms with Gasteiger partial charge in [-0.3, -0.25) is 9.78 Å². The summed E-state index contributed by atoms with van der Waals surface area (Å²) in [4.78, 5) is 16.6. The van der Waals surface area contributed by atoms with Crippen molar-refractivity contribution in [1.29, 1.82) is 0 Å². The molecule has 0 unspecified atom stereocenters. The molecule has 0 saturated heterocycles. The average Bonchev–Trinajstić information content (AvgIpc) is 2.58. The highest BCUT2D eigenvalue weighted by Gasteiger charge is 2.12. The molecule has 6 heteroatoms. The van der Waals surface area contributed by atoms with Crippen molar-refractivity contribution in [3.05, 3.63) is 30.0 Å². The van der Waals surface area contributed by atoms with Crippen molar-refractivity contribution in [3.8, 4) is 5.75 Å². The Bertz CT molecular complexity index is 688. The minimum atomic E-state index is -0.301. The van der Waals surface area contributed by atoms with E-state index < -0.39 is 0 Å². The minimum Gasteiger partial charge on any atom is -0.497 e. The van der Waals surface area contributed by atoms with E-state index in [9.17, 15) is 4.79 Å². The number of carbonyl (C=O) groups excluding carboxylic acids is 1. The van der Waals surface area contributed by atoms with Crippen LogP contribution in [0, 0.1) is 0 Å². The van der Waals surface area contributed by atoms with Gasteiger partial charge in [0.25, 0.3) is 5.91 Å². The van der Waals surface area contributed by atoms with Crippen molar-refractivity contribution in [3.63, 3.8) is 0 Å². The number of hydrogen-bond acceptors (Lipinski definition) is 5. The molecule has 1 amide bonds. The molecular weight excluding hydrogens is 294 g/mol. The van der Waals surface area contributed by atoms with Crippen LogP contribution in [0.25, 0.3) is 10.9 Å². The third kappa shape index (κ3) is 4.10. The first-order valence-corrected chi connectivity index (χ1v) is 7.72. The lowest BCUT2D eigenvalue weighted by atomic mass is 10.1. The number of amides is 1. The lowest BCUT2D eigenvalue weighted by Gasteiger charge is -2.13. The second kappa shape index (κ2) is 7.78. The van der Waals surface area contributed by atoms with Crippen molar-refractivity contribution >= 4 is 22.5 Å². The molecule has 1 aromatic heterocycles.